The van der Waals surface area contributed by atoms with Gasteiger partial charge in [-0.25, -0.2) is 15.0 Å². The van der Waals surface area contributed by atoms with Crippen LogP contribution in [-0.2, 0) is 0 Å². The number of benzene rings is 5. The van der Waals surface area contributed by atoms with Crippen molar-refractivity contribution in [3.8, 4) is 45.3 Å². The Hall–Kier alpha value is -5.52. The van der Waals surface area contributed by atoms with Gasteiger partial charge in [0.05, 0.1) is 0 Å². The molecule has 3 heterocycles. The first-order valence-corrected chi connectivity index (χ1v) is 16.4. The summed E-state index contributed by atoms with van der Waals surface area (Å²) >= 11 is 0. The highest BCUT2D eigenvalue weighted by molar-refractivity contribution is 7.22. The quantitative estimate of drug-likeness (QED) is 0.254. The van der Waals surface area contributed by atoms with Crippen molar-refractivity contribution < 1.29 is 0 Å². The van der Waals surface area contributed by atoms with E-state index in [4.69, 9.17) is 15.0 Å². The topological polar surface area (TPSA) is 51.6 Å². The van der Waals surface area contributed by atoms with E-state index in [1.807, 2.05) is 42.5 Å². The standard InChI is InChI=1S/C38H26N4Si/c1-4-13-27(14-5-1)36-40-37(28-23-25-39-26-24-28)42-38(41-36)32-20-12-22-34-35(32)31-19-10-11-21-33(31)43(34,29-15-6-2-7-16-29)30-17-8-3-9-18-30/h1-26H. The molecule has 0 N–H and O–H groups in total. The van der Waals surface area contributed by atoms with Gasteiger partial charge in [0.15, 0.2) is 25.5 Å². The van der Waals surface area contributed by atoms with Gasteiger partial charge in [0.25, 0.3) is 0 Å². The molecule has 0 saturated heterocycles. The largest absolute Gasteiger partial charge is 0.265 e. The molecule has 0 radical (unpaired) electrons. The van der Waals surface area contributed by atoms with Crippen molar-refractivity contribution in [2.45, 2.75) is 0 Å². The summed E-state index contributed by atoms with van der Waals surface area (Å²) < 4.78 is 0. The summed E-state index contributed by atoms with van der Waals surface area (Å²) in [5.74, 6) is 1.94. The summed E-state index contributed by atoms with van der Waals surface area (Å²) in [6.45, 7) is 0. The Morgan fingerprint density at radius 2 is 0.860 bits per heavy atom. The van der Waals surface area contributed by atoms with Crippen molar-refractivity contribution in [3.63, 3.8) is 0 Å². The lowest BCUT2D eigenvalue weighted by atomic mass is 9.99. The van der Waals surface area contributed by atoms with E-state index in [0.717, 1.165) is 16.7 Å². The van der Waals surface area contributed by atoms with Gasteiger partial charge in [-0.2, -0.15) is 0 Å². The summed E-state index contributed by atoms with van der Waals surface area (Å²) in [4.78, 5) is 19.4. The summed E-state index contributed by atoms with van der Waals surface area (Å²) in [6.07, 6.45) is 3.55. The molecule has 1 aliphatic rings. The zero-order valence-electron chi connectivity index (χ0n) is 23.3. The molecule has 8 rings (SSSR count). The maximum absolute atomic E-state index is 5.12. The Bertz CT molecular complexity index is 1970. The first-order valence-electron chi connectivity index (χ1n) is 14.4. The Balaban J connectivity index is 1.45. The summed E-state index contributed by atoms with van der Waals surface area (Å²) in [6, 6.07) is 51.7. The molecule has 1 aliphatic heterocycles. The minimum absolute atomic E-state index is 0.629. The number of nitrogens with zero attached hydrogens (tertiary/aromatic N) is 4. The van der Waals surface area contributed by atoms with Gasteiger partial charge in [0, 0.05) is 29.1 Å². The second kappa shape index (κ2) is 10.4. The van der Waals surface area contributed by atoms with E-state index in [1.165, 1.54) is 31.9 Å². The van der Waals surface area contributed by atoms with E-state index in [2.05, 4.69) is 108 Å². The van der Waals surface area contributed by atoms with E-state index >= 15 is 0 Å². The maximum atomic E-state index is 5.12. The van der Waals surface area contributed by atoms with Crippen molar-refractivity contribution in [2.75, 3.05) is 0 Å². The molecule has 4 nitrogen and oxygen atoms in total. The van der Waals surface area contributed by atoms with E-state index in [1.54, 1.807) is 12.4 Å². The third-order valence-corrected chi connectivity index (χ3v) is 13.2. The SMILES string of the molecule is c1ccc(-c2nc(-c3ccncc3)nc(-c3cccc4c3-c3ccccc3[Si]4(c3ccccc3)c3ccccc3)n2)cc1. The second-order valence-electron chi connectivity index (χ2n) is 10.7. The molecule has 0 atom stereocenters. The number of pyridine rings is 1. The summed E-state index contributed by atoms with van der Waals surface area (Å²) in [7, 11) is -2.62. The predicted molar refractivity (Wildman–Crippen MR) is 177 cm³/mol. The molecule has 7 aromatic rings. The molecule has 5 aromatic carbocycles. The van der Waals surface area contributed by atoms with Gasteiger partial charge in [-0.15, -0.1) is 0 Å². The van der Waals surface area contributed by atoms with Gasteiger partial charge >= 0.3 is 0 Å². The minimum atomic E-state index is -2.62. The number of aromatic nitrogens is 4. The Labute approximate surface area is 251 Å². The number of fused-ring (bicyclic) bond motifs is 3. The first-order chi connectivity index (χ1) is 21.3. The molecule has 0 amide bonds. The molecule has 0 saturated carbocycles. The molecule has 0 fully saturated rings. The van der Waals surface area contributed by atoms with Crippen LogP contribution in [0.1, 0.15) is 0 Å². The fraction of sp³-hybridized carbons (Fsp3) is 0. The van der Waals surface area contributed by atoms with Gasteiger partial charge in [-0.1, -0.05) is 133 Å². The lowest BCUT2D eigenvalue weighted by Gasteiger charge is -2.31. The fourth-order valence-electron chi connectivity index (χ4n) is 6.52. The van der Waals surface area contributed by atoms with Crippen molar-refractivity contribution in [3.05, 3.63) is 158 Å². The van der Waals surface area contributed by atoms with Crippen molar-refractivity contribution in [2.24, 2.45) is 0 Å². The van der Waals surface area contributed by atoms with Crippen LogP contribution in [0.15, 0.2) is 158 Å². The zero-order chi connectivity index (χ0) is 28.6. The van der Waals surface area contributed by atoms with Crippen LogP contribution < -0.4 is 20.7 Å². The van der Waals surface area contributed by atoms with E-state index in [-0.39, 0.29) is 0 Å². The summed E-state index contributed by atoms with van der Waals surface area (Å²) in [5, 5.41) is 5.47. The monoisotopic (exact) mass is 566 g/mol. The van der Waals surface area contributed by atoms with Crippen LogP contribution in [-0.4, -0.2) is 28.0 Å². The number of hydrogen-bond donors (Lipinski definition) is 0. The Morgan fingerprint density at radius 3 is 1.51 bits per heavy atom. The van der Waals surface area contributed by atoms with Crippen LogP contribution in [0, 0.1) is 0 Å². The molecule has 0 bridgehead atoms. The lowest BCUT2D eigenvalue weighted by Crippen LogP contribution is -2.72. The van der Waals surface area contributed by atoms with Crippen molar-refractivity contribution in [1.29, 1.82) is 0 Å². The minimum Gasteiger partial charge on any atom is -0.265 e. The normalized spacial score (nSPS) is 12.8. The maximum Gasteiger partial charge on any atom is 0.180 e. The highest BCUT2D eigenvalue weighted by Gasteiger charge is 2.49. The highest BCUT2D eigenvalue weighted by atomic mass is 28.3. The Morgan fingerprint density at radius 1 is 0.372 bits per heavy atom. The predicted octanol–water partition coefficient (Wildman–Crippen LogP) is 5.63. The first kappa shape index (κ1) is 25.2. The number of rotatable bonds is 5. The third-order valence-electron chi connectivity index (χ3n) is 8.33. The molecular formula is C38H26N4Si. The van der Waals surface area contributed by atoms with Crippen LogP contribution in [0.4, 0.5) is 0 Å². The van der Waals surface area contributed by atoms with Gasteiger partial charge < -0.3 is 0 Å². The van der Waals surface area contributed by atoms with Crippen LogP contribution >= 0.6 is 0 Å². The van der Waals surface area contributed by atoms with E-state index in [9.17, 15) is 0 Å². The average Bonchev–Trinajstić information content (AvgIpc) is 3.41. The molecule has 0 unspecified atom stereocenters. The van der Waals surface area contributed by atoms with E-state index < -0.39 is 8.07 Å². The lowest BCUT2D eigenvalue weighted by molar-refractivity contribution is 1.07. The van der Waals surface area contributed by atoms with Gasteiger partial charge in [0.1, 0.15) is 0 Å². The molecule has 2 aromatic heterocycles. The zero-order valence-corrected chi connectivity index (χ0v) is 24.3. The second-order valence-corrected chi connectivity index (χ2v) is 14.4. The van der Waals surface area contributed by atoms with Crippen LogP contribution in [0.3, 0.4) is 0 Å². The molecule has 0 aliphatic carbocycles. The smallest absolute Gasteiger partial charge is 0.180 e. The van der Waals surface area contributed by atoms with Gasteiger partial charge in [-0.05, 0) is 44.0 Å². The average molecular weight is 567 g/mol. The summed E-state index contributed by atoms with van der Waals surface area (Å²) in [5.41, 5.74) is 5.33. The van der Waals surface area contributed by atoms with Crippen LogP contribution in [0.2, 0.25) is 0 Å². The van der Waals surface area contributed by atoms with Crippen LogP contribution in [0.25, 0.3) is 45.3 Å². The van der Waals surface area contributed by atoms with Crippen molar-refractivity contribution >= 4 is 28.8 Å². The van der Waals surface area contributed by atoms with Gasteiger partial charge in [0.2, 0.25) is 0 Å². The number of hydrogen-bond acceptors (Lipinski definition) is 4. The molecular weight excluding hydrogens is 541 g/mol. The fourth-order valence-corrected chi connectivity index (χ4v) is 11.7. The van der Waals surface area contributed by atoms with Crippen molar-refractivity contribution in [1.82, 2.24) is 19.9 Å². The van der Waals surface area contributed by atoms with E-state index in [0.29, 0.717) is 17.5 Å². The highest BCUT2D eigenvalue weighted by Crippen LogP contribution is 2.36. The molecule has 5 heteroatoms. The third kappa shape index (κ3) is 4.05. The molecule has 0 spiro atoms. The molecule has 43 heavy (non-hydrogen) atoms. The Kier molecular flexibility index (Phi) is 6.09. The molecule has 202 valence electrons. The van der Waals surface area contributed by atoms with Crippen LogP contribution in [0.5, 0.6) is 0 Å². The van der Waals surface area contributed by atoms with Gasteiger partial charge in [-0.3, -0.25) is 4.98 Å².